The molecule has 2 atom stereocenters. The summed E-state index contributed by atoms with van der Waals surface area (Å²) in [5.41, 5.74) is 7.06. The van der Waals surface area contributed by atoms with E-state index in [4.69, 9.17) is 5.73 Å². The van der Waals surface area contributed by atoms with E-state index in [1.54, 1.807) is 4.90 Å². The first kappa shape index (κ1) is 29.1. The van der Waals surface area contributed by atoms with Gasteiger partial charge in [0.2, 0.25) is 0 Å². The maximum absolute atomic E-state index is 16.2. The van der Waals surface area contributed by atoms with E-state index in [2.05, 4.69) is 30.0 Å². The highest BCUT2D eigenvalue weighted by molar-refractivity contribution is 5.91. The van der Waals surface area contributed by atoms with Crippen LogP contribution >= 0.6 is 0 Å². The Labute approximate surface area is 267 Å². The standard InChI is InChI=1S/C32H31F2N11O2/c1-16-12-43(32(47)44-15-36-13-39-44)17(2)11-42(16)29-20-10-22(34)27(24-21(33)4-3-5-23(24)35)40-30(20)45(31(46)41-29)28-25(18-6-7-18)37-14-38-26(28)19-8-9-19/h3-5,10,13-19H,6-9,11-12,35H2,1-2H3/t16-,17+/m0/s1. The van der Waals surface area contributed by atoms with E-state index in [1.165, 1.54) is 52.5 Å². The van der Waals surface area contributed by atoms with Gasteiger partial charge in [0.05, 0.1) is 28.0 Å². The number of benzene rings is 1. The first-order valence-corrected chi connectivity index (χ1v) is 15.7. The SMILES string of the molecule is C[C@@H]1CN(c2nc(=O)n(-c3c(C4CC4)ncnc3C3CC3)c3nc(-c4c(N)cccc4F)c(F)cc23)[C@@H](C)CN1C(=O)n1cncn1. The predicted molar refractivity (Wildman–Crippen MR) is 168 cm³/mol. The van der Waals surface area contributed by atoms with Crippen molar-refractivity contribution in [3.63, 3.8) is 0 Å². The molecule has 0 radical (unpaired) electrons. The molecule has 3 fully saturated rings. The van der Waals surface area contributed by atoms with Crippen LogP contribution in [0, 0.1) is 11.6 Å². The van der Waals surface area contributed by atoms with Gasteiger partial charge in [-0.05, 0) is 57.7 Å². The maximum atomic E-state index is 16.2. The van der Waals surface area contributed by atoms with Crippen LogP contribution in [0.3, 0.4) is 0 Å². The Morgan fingerprint density at radius 1 is 0.936 bits per heavy atom. The summed E-state index contributed by atoms with van der Waals surface area (Å²) in [6, 6.07) is 4.34. The summed E-state index contributed by atoms with van der Waals surface area (Å²) in [6.07, 6.45) is 7.82. The molecule has 5 heterocycles. The molecule has 47 heavy (non-hydrogen) atoms. The molecule has 1 amide bonds. The molecule has 1 aromatic carbocycles. The average molecular weight is 640 g/mol. The van der Waals surface area contributed by atoms with Crippen molar-refractivity contribution in [1.82, 2.24) is 44.2 Å². The smallest absolute Gasteiger partial charge is 0.355 e. The lowest BCUT2D eigenvalue weighted by atomic mass is 10.1. The quantitative estimate of drug-likeness (QED) is 0.279. The van der Waals surface area contributed by atoms with Crippen molar-refractivity contribution in [2.24, 2.45) is 0 Å². The van der Waals surface area contributed by atoms with Crippen molar-refractivity contribution < 1.29 is 13.6 Å². The molecule has 240 valence electrons. The van der Waals surface area contributed by atoms with Gasteiger partial charge < -0.3 is 15.5 Å². The fourth-order valence-electron chi connectivity index (χ4n) is 6.57. The number of rotatable bonds is 5. The number of pyridine rings is 1. The summed E-state index contributed by atoms with van der Waals surface area (Å²) in [6.45, 7) is 4.33. The fourth-order valence-corrected chi connectivity index (χ4v) is 6.57. The molecule has 8 rings (SSSR count). The largest absolute Gasteiger partial charge is 0.398 e. The molecule has 2 N–H and O–H groups in total. The Morgan fingerprint density at radius 2 is 1.66 bits per heavy atom. The number of aromatic nitrogens is 8. The monoisotopic (exact) mass is 639 g/mol. The minimum Gasteiger partial charge on any atom is -0.398 e. The summed E-state index contributed by atoms with van der Waals surface area (Å²) >= 11 is 0. The van der Waals surface area contributed by atoms with Gasteiger partial charge in [-0.2, -0.15) is 14.8 Å². The van der Waals surface area contributed by atoms with Crippen molar-refractivity contribution >= 4 is 28.6 Å². The zero-order valence-electron chi connectivity index (χ0n) is 25.7. The summed E-state index contributed by atoms with van der Waals surface area (Å²) in [5, 5.41) is 4.22. The summed E-state index contributed by atoms with van der Waals surface area (Å²) in [4.78, 5) is 53.4. The Kier molecular flexibility index (Phi) is 6.74. The third-order valence-corrected chi connectivity index (χ3v) is 9.23. The highest BCUT2D eigenvalue weighted by atomic mass is 19.1. The number of nitrogens with two attached hydrogens (primary N) is 1. The Bertz CT molecular complexity index is 2060. The van der Waals surface area contributed by atoms with E-state index in [-0.39, 0.29) is 76.8 Å². The Morgan fingerprint density at radius 3 is 2.30 bits per heavy atom. The van der Waals surface area contributed by atoms with Crippen LogP contribution in [-0.4, -0.2) is 75.4 Å². The number of piperazine rings is 1. The molecule has 2 saturated carbocycles. The van der Waals surface area contributed by atoms with Gasteiger partial charge in [-0.1, -0.05) is 6.07 Å². The molecular formula is C32H31F2N11O2. The second kappa shape index (κ2) is 10.9. The van der Waals surface area contributed by atoms with E-state index < -0.39 is 17.3 Å². The number of nitrogen functional groups attached to an aromatic ring is 1. The van der Waals surface area contributed by atoms with Crippen molar-refractivity contribution in [3.8, 4) is 16.9 Å². The van der Waals surface area contributed by atoms with Crippen LogP contribution in [0.5, 0.6) is 0 Å². The molecule has 13 nitrogen and oxygen atoms in total. The maximum Gasteiger partial charge on any atom is 0.355 e. The molecule has 0 bridgehead atoms. The average Bonchev–Trinajstić information content (AvgIpc) is 4.00. The first-order valence-electron chi connectivity index (χ1n) is 15.7. The Hall–Kier alpha value is -5.34. The molecule has 15 heteroatoms. The van der Waals surface area contributed by atoms with Crippen LogP contribution in [0.1, 0.15) is 62.8 Å². The van der Waals surface area contributed by atoms with Gasteiger partial charge in [-0.25, -0.2) is 42.9 Å². The van der Waals surface area contributed by atoms with E-state index in [1.807, 2.05) is 18.7 Å². The molecule has 0 spiro atoms. The van der Waals surface area contributed by atoms with Crippen molar-refractivity contribution in [3.05, 3.63) is 76.8 Å². The lowest BCUT2D eigenvalue weighted by Crippen LogP contribution is -2.59. The number of amides is 1. The summed E-state index contributed by atoms with van der Waals surface area (Å²) < 4.78 is 33.9. The van der Waals surface area contributed by atoms with Gasteiger partial charge >= 0.3 is 11.7 Å². The van der Waals surface area contributed by atoms with Gasteiger partial charge in [-0.3, -0.25) is 0 Å². The number of fused-ring (bicyclic) bond motifs is 1. The molecule has 4 aromatic heterocycles. The Balaban J connectivity index is 1.34. The van der Waals surface area contributed by atoms with Gasteiger partial charge in [0, 0.05) is 42.7 Å². The van der Waals surface area contributed by atoms with Crippen LogP contribution in [0.15, 0.2) is 48.0 Å². The first-order chi connectivity index (χ1) is 22.7. The fraction of sp³-hybridized carbons (Fsp3) is 0.375. The van der Waals surface area contributed by atoms with Gasteiger partial charge in [0.25, 0.3) is 0 Å². The zero-order chi connectivity index (χ0) is 32.6. The third kappa shape index (κ3) is 4.87. The second-order valence-corrected chi connectivity index (χ2v) is 12.6. The van der Waals surface area contributed by atoms with Crippen LogP contribution in [-0.2, 0) is 0 Å². The van der Waals surface area contributed by atoms with Crippen molar-refractivity contribution in [2.45, 2.75) is 63.5 Å². The summed E-state index contributed by atoms with van der Waals surface area (Å²) in [5.74, 6) is -1.06. The topological polar surface area (TPSA) is 154 Å². The number of hydrogen-bond donors (Lipinski definition) is 1. The van der Waals surface area contributed by atoms with Gasteiger partial charge in [0.1, 0.15) is 36.3 Å². The van der Waals surface area contributed by atoms with Gasteiger partial charge in [0.15, 0.2) is 11.5 Å². The van der Waals surface area contributed by atoms with Crippen LogP contribution < -0.4 is 16.3 Å². The number of hydrogen-bond acceptors (Lipinski definition) is 10. The van der Waals surface area contributed by atoms with E-state index in [0.29, 0.717) is 5.69 Å². The highest BCUT2D eigenvalue weighted by Gasteiger charge is 2.38. The minimum atomic E-state index is -0.822. The number of halogens is 2. The second-order valence-electron chi connectivity index (χ2n) is 12.6. The zero-order valence-corrected chi connectivity index (χ0v) is 25.7. The van der Waals surface area contributed by atoms with Crippen molar-refractivity contribution in [2.75, 3.05) is 23.7 Å². The molecular weight excluding hydrogens is 608 g/mol. The van der Waals surface area contributed by atoms with Crippen LogP contribution in [0.2, 0.25) is 0 Å². The third-order valence-electron chi connectivity index (χ3n) is 9.23. The normalized spacial score (nSPS) is 19.8. The van der Waals surface area contributed by atoms with Crippen LogP contribution in [0.4, 0.5) is 25.1 Å². The lowest BCUT2D eigenvalue weighted by Gasteiger charge is -2.44. The molecule has 0 unspecified atom stereocenters. The molecule has 1 saturated heterocycles. The predicted octanol–water partition coefficient (Wildman–Crippen LogP) is 4.01. The van der Waals surface area contributed by atoms with Crippen molar-refractivity contribution in [1.29, 1.82) is 0 Å². The van der Waals surface area contributed by atoms with E-state index >= 15 is 8.78 Å². The molecule has 2 aliphatic carbocycles. The van der Waals surface area contributed by atoms with E-state index in [9.17, 15) is 9.59 Å². The van der Waals surface area contributed by atoms with E-state index in [0.717, 1.165) is 37.1 Å². The minimum absolute atomic E-state index is 0.00919. The summed E-state index contributed by atoms with van der Waals surface area (Å²) in [7, 11) is 0. The number of carbonyl (C=O) groups is 1. The highest BCUT2D eigenvalue weighted by Crippen LogP contribution is 2.47. The number of nitrogens with zero attached hydrogens (tertiary/aromatic N) is 10. The molecule has 3 aliphatic rings. The lowest BCUT2D eigenvalue weighted by molar-refractivity contribution is 0.159. The molecule has 1 aliphatic heterocycles. The molecule has 5 aromatic rings. The van der Waals surface area contributed by atoms with Crippen LogP contribution in [0.25, 0.3) is 28.0 Å². The number of anilines is 2. The van der Waals surface area contributed by atoms with Gasteiger partial charge in [-0.15, -0.1) is 0 Å². The number of carbonyl (C=O) groups excluding carboxylic acids is 1.